The van der Waals surface area contributed by atoms with Gasteiger partial charge in [0, 0.05) is 25.6 Å². The van der Waals surface area contributed by atoms with Crippen LogP contribution in [0.25, 0.3) is 0 Å². The molecule has 2 unspecified atom stereocenters. The highest BCUT2D eigenvalue weighted by Gasteiger charge is 2.26. The zero-order chi connectivity index (χ0) is 12.8. The Hall–Kier alpha value is -0.0400. The number of hydrogen-bond acceptors (Lipinski definition) is 2. The van der Waals surface area contributed by atoms with Crippen LogP contribution >= 0.6 is 24.0 Å². The fraction of sp³-hybridized carbons (Fsp3) is 0.929. The quantitative estimate of drug-likeness (QED) is 0.447. The van der Waals surface area contributed by atoms with E-state index in [-0.39, 0.29) is 24.0 Å². The topological polar surface area (TPSA) is 59.6 Å². The molecule has 0 saturated heterocycles. The molecule has 112 valence electrons. The van der Waals surface area contributed by atoms with Gasteiger partial charge in [-0.25, -0.2) is 0 Å². The Morgan fingerprint density at radius 3 is 2.58 bits per heavy atom. The van der Waals surface area contributed by atoms with Crippen LogP contribution in [0.3, 0.4) is 0 Å². The monoisotopic (exact) mass is 381 g/mol. The van der Waals surface area contributed by atoms with Crippen molar-refractivity contribution < 1.29 is 4.74 Å². The van der Waals surface area contributed by atoms with E-state index in [0.717, 1.165) is 6.54 Å². The second kappa shape index (κ2) is 9.00. The molecule has 19 heavy (non-hydrogen) atoms. The maximum Gasteiger partial charge on any atom is 0.188 e. The number of guanidine groups is 1. The summed E-state index contributed by atoms with van der Waals surface area (Å²) in [6.07, 6.45) is 10.5. The lowest BCUT2D eigenvalue weighted by Crippen LogP contribution is -2.41. The van der Waals surface area contributed by atoms with Gasteiger partial charge in [-0.3, -0.25) is 4.99 Å². The van der Waals surface area contributed by atoms with Crippen LogP contribution in [0.5, 0.6) is 0 Å². The van der Waals surface area contributed by atoms with Gasteiger partial charge in [-0.1, -0.05) is 25.7 Å². The highest BCUT2D eigenvalue weighted by Crippen LogP contribution is 2.27. The molecular weight excluding hydrogens is 353 g/mol. The Balaban J connectivity index is 0.00000180. The molecule has 0 amide bonds. The molecule has 0 aromatic rings. The molecule has 0 heterocycles. The first kappa shape index (κ1) is 17.0. The van der Waals surface area contributed by atoms with Crippen LogP contribution in [0.2, 0.25) is 0 Å². The molecule has 5 heteroatoms. The average molecular weight is 381 g/mol. The Labute approximate surface area is 134 Å². The minimum atomic E-state index is 0. The molecule has 0 aromatic carbocycles. The fourth-order valence-corrected chi connectivity index (χ4v) is 3.24. The van der Waals surface area contributed by atoms with Gasteiger partial charge in [0.2, 0.25) is 0 Å². The van der Waals surface area contributed by atoms with Crippen molar-refractivity contribution >= 4 is 29.9 Å². The van der Waals surface area contributed by atoms with Crippen molar-refractivity contribution in [3.8, 4) is 0 Å². The number of methoxy groups -OCH3 is 1. The smallest absolute Gasteiger partial charge is 0.188 e. The van der Waals surface area contributed by atoms with Gasteiger partial charge in [0.05, 0.1) is 6.10 Å². The second-order valence-electron chi connectivity index (χ2n) is 5.67. The lowest BCUT2D eigenvalue weighted by molar-refractivity contribution is 0.0742. The van der Waals surface area contributed by atoms with Gasteiger partial charge in [-0.15, -0.1) is 24.0 Å². The number of rotatable bonds is 4. The first-order valence-electron chi connectivity index (χ1n) is 7.39. The first-order valence-corrected chi connectivity index (χ1v) is 7.39. The van der Waals surface area contributed by atoms with Gasteiger partial charge >= 0.3 is 0 Å². The summed E-state index contributed by atoms with van der Waals surface area (Å²) in [4.78, 5) is 4.50. The minimum Gasteiger partial charge on any atom is -0.381 e. The molecule has 0 bridgehead atoms. The Morgan fingerprint density at radius 2 is 1.89 bits per heavy atom. The Kier molecular flexibility index (Phi) is 8.06. The maximum atomic E-state index is 5.97. The van der Waals surface area contributed by atoms with Crippen LogP contribution in [0, 0.1) is 5.92 Å². The Morgan fingerprint density at radius 1 is 1.16 bits per heavy atom. The molecule has 2 saturated carbocycles. The standard InChI is InChI=1S/C14H27N3O.HI/c1-18-13-9-5-6-11(13)10-16-14(15)17-12-7-3-2-4-8-12;/h11-13H,2-10H2,1H3,(H3,15,16,17);1H. The number of nitrogens with one attached hydrogen (secondary N) is 1. The highest BCUT2D eigenvalue weighted by molar-refractivity contribution is 14.0. The van der Waals surface area contributed by atoms with Gasteiger partial charge in [0.1, 0.15) is 0 Å². The number of halogens is 1. The van der Waals surface area contributed by atoms with E-state index in [2.05, 4.69) is 10.3 Å². The molecular formula is C14H28IN3O. The molecule has 3 N–H and O–H groups in total. The van der Waals surface area contributed by atoms with Crippen LogP contribution < -0.4 is 11.1 Å². The van der Waals surface area contributed by atoms with Crippen LogP contribution in [0.4, 0.5) is 0 Å². The van der Waals surface area contributed by atoms with Crippen molar-refractivity contribution in [1.29, 1.82) is 0 Å². The fourth-order valence-electron chi connectivity index (χ4n) is 3.24. The predicted molar refractivity (Wildman–Crippen MR) is 90.1 cm³/mol. The van der Waals surface area contributed by atoms with E-state index in [9.17, 15) is 0 Å². The molecule has 0 spiro atoms. The van der Waals surface area contributed by atoms with Gasteiger partial charge in [0.15, 0.2) is 5.96 Å². The molecule has 0 radical (unpaired) electrons. The zero-order valence-electron chi connectivity index (χ0n) is 11.9. The average Bonchev–Trinajstić information content (AvgIpc) is 2.85. The van der Waals surface area contributed by atoms with E-state index in [1.807, 2.05) is 0 Å². The second-order valence-corrected chi connectivity index (χ2v) is 5.67. The van der Waals surface area contributed by atoms with Gasteiger partial charge in [-0.05, 0) is 25.7 Å². The summed E-state index contributed by atoms with van der Waals surface area (Å²) in [7, 11) is 1.80. The van der Waals surface area contributed by atoms with Crippen molar-refractivity contribution in [2.75, 3.05) is 13.7 Å². The SMILES string of the molecule is COC1CCCC1CN=C(N)NC1CCCCC1.I. The van der Waals surface area contributed by atoms with E-state index in [0.29, 0.717) is 24.0 Å². The van der Waals surface area contributed by atoms with E-state index >= 15 is 0 Å². The van der Waals surface area contributed by atoms with Gasteiger partial charge in [-0.2, -0.15) is 0 Å². The summed E-state index contributed by atoms with van der Waals surface area (Å²) in [5.41, 5.74) is 5.97. The van der Waals surface area contributed by atoms with Crippen molar-refractivity contribution in [3.05, 3.63) is 0 Å². The lowest BCUT2D eigenvalue weighted by atomic mass is 9.96. The minimum absolute atomic E-state index is 0. The van der Waals surface area contributed by atoms with Crippen molar-refractivity contribution in [1.82, 2.24) is 5.32 Å². The molecule has 4 nitrogen and oxygen atoms in total. The molecule has 2 aliphatic carbocycles. The van der Waals surface area contributed by atoms with E-state index in [4.69, 9.17) is 10.5 Å². The van der Waals surface area contributed by atoms with Crippen LogP contribution in [0.1, 0.15) is 51.4 Å². The largest absolute Gasteiger partial charge is 0.381 e. The summed E-state index contributed by atoms with van der Waals surface area (Å²) in [5.74, 6) is 1.19. The maximum absolute atomic E-state index is 5.97. The third-order valence-electron chi connectivity index (χ3n) is 4.35. The van der Waals surface area contributed by atoms with Crippen LogP contribution in [-0.2, 0) is 4.74 Å². The highest BCUT2D eigenvalue weighted by atomic mass is 127. The number of nitrogens with two attached hydrogens (primary N) is 1. The number of ether oxygens (including phenoxy) is 1. The van der Waals surface area contributed by atoms with E-state index in [1.165, 1.54) is 51.4 Å². The van der Waals surface area contributed by atoms with E-state index < -0.39 is 0 Å². The summed E-state index contributed by atoms with van der Waals surface area (Å²) in [6.45, 7) is 0.810. The summed E-state index contributed by atoms with van der Waals surface area (Å²) in [5, 5.41) is 3.36. The number of aliphatic imine (C=N–C) groups is 1. The molecule has 2 aliphatic rings. The predicted octanol–water partition coefficient (Wildman–Crippen LogP) is 2.66. The van der Waals surface area contributed by atoms with Crippen molar-refractivity contribution in [2.24, 2.45) is 16.6 Å². The zero-order valence-corrected chi connectivity index (χ0v) is 14.3. The van der Waals surface area contributed by atoms with Gasteiger partial charge in [0.25, 0.3) is 0 Å². The summed E-state index contributed by atoms with van der Waals surface area (Å²) in [6, 6.07) is 0.546. The molecule has 0 aromatic heterocycles. The molecule has 2 fully saturated rings. The van der Waals surface area contributed by atoms with Gasteiger partial charge < -0.3 is 15.8 Å². The third kappa shape index (κ3) is 5.45. The first-order chi connectivity index (χ1) is 8.79. The van der Waals surface area contributed by atoms with E-state index in [1.54, 1.807) is 7.11 Å². The molecule has 2 rings (SSSR count). The summed E-state index contributed by atoms with van der Waals surface area (Å²) < 4.78 is 5.48. The molecule has 0 aliphatic heterocycles. The Bertz CT molecular complexity index is 280. The number of nitrogens with zero attached hydrogens (tertiary/aromatic N) is 1. The lowest BCUT2D eigenvalue weighted by Gasteiger charge is -2.23. The van der Waals surface area contributed by atoms with Crippen LogP contribution in [-0.4, -0.2) is 31.8 Å². The molecule has 2 atom stereocenters. The number of hydrogen-bond donors (Lipinski definition) is 2. The van der Waals surface area contributed by atoms with Crippen molar-refractivity contribution in [2.45, 2.75) is 63.5 Å². The summed E-state index contributed by atoms with van der Waals surface area (Å²) >= 11 is 0. The normalized spacial score (nSPS) is 29.0. The third-order valence-corrected chi connectivity index (χ3v) is 4.35. The van der Waals surface area contributed by atoms with Crippen molar-refractivity contribution in [3.63, 3.8) is 0 Å². The van der Waals surface area contributed by atoms with Crippen LogP contribution in [0.15, 0.2) is 4.99 Å².